The summed E-state index contributed by atoms with van der Waals surface area (Å²) in [5.74, 6) is 1.16. The topological polar surface area (TPSA) is 55.0 Å². The number of nitrogens with two attached hydrogens (primary N) is 1. The summed E-state index contributed by atoms with van der Waals surface area (Å²) in [6, 6.07) is 14.7. The number of aromatic nitrogens is 2. The van der Waals surface area contributed by atoms with Gasteiger partial charge in [0.15, 0.2) is 0 Å². The first kappa shape index (κ1) is 13.4. The van der Waals surface area contributed by atoms with Crippen LogP contribution in [0.4, 0.5) is 17.5 Å². The summed E-state index contributed by atoms with van der Waals surface area (Å²) in [5.41, 5.74) is 7.91. The second kappa shape index (κ2) is 5.40. The lowest BCUT2D eigenvalue weighted by Gasteiger charge is -2.25. The molecule has 2 aromatic carbocycles. The molecule has 4 heteroatoms. The molecule has 106 valence electrons. The molecule has 0 bridgehead atoms. The molecule has 1 heterocycles. The SMILES string of the molecule is CCN(c1nc(N)ncc1C)c1cccc2ccccc12. The van der Waals surface area contributed by atoms with E-state index >= 15 is 0 Å². The molecule has 0 amide bonds. The van der Waals surface area contributed by atoms with E-state index < -0.39 is 0 Å². The maximum absolute atomic E-state index is 5.76. The first-order chi connectivity index (χ1) is 10.2. The highest BCUT2D eigenvalue weighted by Crippen LogP contribution is 2.32. The summed E-state index contributed by atoms with van der Waals surface area (Å²) in [4.78, 5) is 10.6. The Kier molecular flexibility index (Phi) is 3.44. The van der Waals surface area contributed by atoms with Gasteiger partial charge in [0.05, 0.1) is 5.69 Å². The average Bonchev–Trinajstić information content (AvgIpc) is 2.51. The van der Waals surface area contributed by atoms with Crippen molar-refractivity contribution in [3.63, 3.8) is 0 Å². The van der Waals surface area contributed by atoms with Crippen LogP contribution >= 0.6 is 0 Å². The summed E-state index contributed by atoms with van der Waals surface area (Å²) < 4.78 is 0. The van der Waals surface area contributed by atoms with Gasteiger partial charge in [-0.2, -0.15) is 4.98 Å². The zero-order chi connectivity index (χ0) is 14.8. The van der Waals surface area contributed by atoms with Crippen LogP contribution in [0.2, 0.25) is 0 Å². The lowest BCUT2D eigenvalue weighted by molar-refractivity contribution is 0.971. The molecule has 1 aromatic heterocycles. The van der Waals surface area contributed by atoms with E-state index in [4.69, 9.17) is 5.73 Å². The van der Waals surface area contributed by atoms with Crippen LogP contribution in [-0.4, -0.2) is 16.5 Å². The van der Waals surface area contributed by atoms with E-state index in [1.54, 1.807) is 6.20 Å². The number of anilines is 3. The van der Waals surface area contributed by atoms with E-state index in [9.17, 15) is 0 Å². The van der Waals surface area contributed by atoms with Crippen LogP contribution in [0.25, 0.3) is 10.8 Å². The quantitative estimate of drug-likeness (QED) is 0.794. The Morgan fingerprint density at radius 1 is 1.10 bits per heavy atom. The molecule has 0 aliphatic heterocycles. The normalized spacial score (nSPS) is 10.8. The minimum Gasteiger partial charge on any atom is -0.368 e. The Morgan fingerprint density at radius 3 is 2.67 bits per heavy atom. The first-order valence-corrected chi connectivity index (χ1v) is 7.05. The van der Waals surface area contributed by atoms with Crippen molar-refractivity contribution < 1.29 is 0 Å². The fourth-order valence-corrected chi connectivity index (χ4v) is 2.60. The number of benzene rings is 2. The molecule has 0 unspecified atom stereocenters. The zero-order valence-corrected chi connectivity index (χ0v) is 12.2. The molecule has 2 N–H and O–H groups in total. The van der Waals surface area contributed by atoms with E-state index in [0.29, 0.717) is 5.95 Å². The molecule has 4 nitrogen and oxygen atoms in total. The van der Waals surface area contributed by atoms with Gasteiger partial charge in [0, 0.05) is 23.7 Å². The van der Waals surface area contributed by atoms with Crippen LogP contribution in [-0.2, 0) is 0 Å². The van der Waals surface area contributed by atoms with Crippen LogP contribution in [0.5, 0.6) is 0 Å². The van der Waals surface area contributed by atoms with E-state index in [1.165, 1.54) is 10.8 Å². The Bertz CT molecular complexity index is 777. The molecule has 0 spiro atoms. The lowest BCUT2D eigenvalue weighted by Crippen LogP contribution is -2.19. The molecule has 0 aliphatic rings. The monoisotopic (exact) mass is 278 g/mol. The van der Waals surface area contributed by atoms with E-state index in [2.05, 4.69) is 64.3 Å². The van der Waals surface area contributed by atoms with Gasteiger partial charge in [-0.05, 0) is 25.3 Å². The molecule has 0 saturated heterocycles. The molecular weight excluding hydrogens is 260 g/mol. The summed E-state index contributed by atoms with van der Waals surface area (Å²) in [5, 5.41) is 2.42. The molecule has 0 saturated carbocycles. The van der Waals surface area contributed by atoms with Gasteiger partial charge in [-0.25, -0.2) is 4.98 Å². The fourth-order valence-electron chi connectivity index (χ4n) is 2.60. The average molecular weight is 278 g/mol. The van der Waals surface area contributed by atoms with Crippen molar-refractivity contribution in [2.45, 2.75) is 13.8 Å². The molecule has 3 aromatic rings. The molecule has 3 rings (SSSR count). The maximum atomic E-state index is 5.76. The second-order valence-electron chi connectivity index (χ2n) is 4.98. The van der Waals surface area contributed by atoms with Crippen molar-refractivity contribution in [2.24, 2.45) is 0 Å². The second-order valence-corrected chi connectivity index (χ2v) is 4.98. The van der Waals surface area contributed by atoms with Crippen molar-refractivity contribution in [2.75, 3.05) is 17.2 Å². The zero-order valence-electron chi connectivity index (χ0n) is 12.2. The van der Waals surface area contributed by atoms with Crippen molar-refractivity contribution in [3.05, 3.63) is 54.2 Å². The highest BCUT2D eigenvalue weighted by atomic mass is 15.2. The largest absolute Gasteiger partial charge is 0.368 e. The van der Waals surface area contributed by atoms with Crippen LogP contribution in [0.1, 0.15) is 12.5 Å². The van der Waals surface area contributed by atoms with Crippen LogP contribution in [0, 0.1) is 6.92 Å². The highest BCUT2D eigenvalue weighted by molar-refractivity contribution is 5.96. The van der Waals surface area contributed by atoms with Crippen molar-refractivity contribution in [3.8, 4) is 0 Å². The summed E-state index contributed by atoms with van der Waals surface area (Å²) in [6.45, 7) is 4.92. The molecule has 0 atom stereocenters. The van der Waals surface area contributed by atoms with Gasteiger partial charge in [0.2, 0.25) is 5.95 Å². The Balaban J connectivity index is 2.21. The third kappa shape index (κ3) is 2.40. The van der Waals surface area contributed by atoms with E-state index in [1.807, 2.05) is 6.92 Å². The van der Waals surface area contributed by atoms with E-state index in [0.717, 1.165) is 23.6 Å². The number of fused-ring (bicyclic) bond motifs is 1. The highest BCUT2D eigenvalue weighted by Gasteiger charge is 2.14. The van der Waals surface area contributed by atoms with Gasteiger partial charge in [-0.15, -0.1) is 0 Å². The van der Waals surface area contributed by atoms with E-state index in [-0.39, 0.29) is 0 Å². The molecule has 0 fully saturated rings. The van der Waals surface area contributed by atoms with Gasteiger partial charge in [-0.1, -0.05) is 36.4 Å². The predicted octanol–water partition coefficient (Wildman–Crippen LogP) is 3.68. The molecule has 21 heavy (non-hydrogen) atoms. The van der Waals surface area contributed by atoms with Gasteiger partial charge < -0.3 is 10.6 Å². The van der Waals surface area contributed by atoms with Crippen LogP contribution < -0.4 is 10.6 Å². The number of hydrogen-bond acceptors (Lipinski definition) is 4. The number of nitrogens with zero attached hydrogens (tertiary/aromatic N) is 3. The minimum atomic E-state index is 0.300. The Morgan fingerprint density at radius 2 is 1.86 bits per heavy atom. The van der Waals surface area contributed by atoms with Crippen LogP contribution in [0.15, 0.2) is 48.7 Å². The van der Waals surface area contributed by atoms with Gasteiger partial charge >= 0.3 is 0 Å². The van der Waals surface area contributed by atoms with Crippen molar-refractivity contribution in [1.29, 1.82) is 0 Å². The van der Waals surface area contributed by atoms with Gasteiger partial charge in [-0.3, -0.25) is 0 Å². The number of aryl methyl sites for hydroxylation is 1. The standard InChI is InChI=1S/C17H18N4/c1-3-21(16-12(2)11-19-17(18)20-16)15-10-6-8-13-7-4-5-9-14(13)15/h4-11H,3H2,1-2H3,(H2,18,19,20). The maximum Gasteiger partial charge on any atom is 0.221 e. The number of hydrogen-bond donors (Lipinski definition) is 1. The summed E-state index contributed by atoms with van der Waals surface area (Å²) in [6.07, 6.45) is 1.77. The predicted molar refractivity (Wildman–Crippen MR) is 87.8 cm³/mol. The fraction of sp³-hybridized carbons (Fsp3) is 0.176. The third-order valence-electron chi connectivity index (χ3n) is 3.59. The van der Waals surface area contributed by atoms with Gasteiger partial charge in [0.25, 0.3) is 0 Å². The number of rotatable bonds is 3. The first-order valence-electron chi connectivity index (χ1n) is 7.05. The molecule has 0 radical (unpaired) electrons. The molecule has 0 aliphatic carbocycles. The Labute approximate surface area is 124 Å². The van der Waals surface area contributed by atoms with Crippen molar-refractivity contribution >= 4 is 28.2 Å². The lowest BCUT2D eigenvalue weighted by atomic mass is 10.1. The Hall–Kier alpha value is -2.62. The molecular formula is C17H18N4. The van der Waals surface area contributed by atoms with Crippen LogP contribution in [0.3, 0.4) is 0 Å². The summed E-state index contributed by atoms with van der Waals surface area (Å²) >= 11 is 0. The smallest absolute Gasteiger partial charge is 0.221 e. The van der Waals surface area contributed by atoms with Crippen molar-refractivity contribution in [1.82, 2.24) is 9.97 Å². The number of nitrogen functional groups attached to an aromatic ring is 1. The van der Waals surface area contributed by atoms with Gasteiger partial charge in [0.1, 0.15) is 5.82 Å². The summed E-state index contributed by atoms with van der Waals surface area (Å²) in [7, 11) is 0. The third-order valence-corrected chi connectivity index (χ3v) is 3.59. The minimum absolute atomic E-state index is 0.300.